The molecule has 0 aliphatic carbocycles. The molecule has 0 heterocycles. The minimum Gasteiger partial charge on any atom is -0.115 e. The molecule has 52 valence electrons. The van der Waals surface area contributed by atoms with Gasteiger partial charge in [0.1, 0.15) is 0 Å². The second kappa shape index (κ2) is 4.64. The third-order valence-corrected chi connectivity index (χ3v) is 1.16. The van der Waals surface area contributed by atoms with Crippen LogP contribution in [0, 0.1) is 12.3 Å². The first-order valence-corrected chi connectivity index (χ1v) is 3.17. The Morgan fingerprint density at radius 2 is 2.20 bits per heavy atom. The summed E-state index contributed by atoms with van der Waals surface area (Å²) >= 11 is 0. The van der Waals surface area contributed by atoms with Crippen LogP contribution in [0.4, 0.5) is 0 Å². The van der Waals surface area contributed by atoms with Crippen molar-refractivity contribution in [3.05, 3.63) is 36.0 Å². The largest absolute Gasteiger partial charge is 0.115 e. The van der Waals surface area contributed by atoms with Crippen LogP contribution in [0.1, 0.15) is 13.8 Å². The fraction of sp³-hybridized carbons (Fsp3) is 0.200. The topological polar surface area (TPSA) is 0 Å². The second-order valence-corrected chi connectivity index (χ2v) is 2.02. The summed E-state index contributed by atoms with van der Waals surface area (Å²) in [5.41, 5.74) is 2.13. The van der Waals surface area contributed by atoms with Crippen molar-refractivity contribution in [2.24, 2.45) is 0 Å². The predicted molar refractivity (Wildman–Crippen MR) is 46.5 cm³/mol. The maximum atomic E-state index is 5.04. The first-order chi connectivity index (χ1) is 4.72. The van der Waals surface area contributed by atoms with E-state index < -0.39 is 0 Å². The Morgan fingerprint density at radius 1 is 1.60 bits per heavy atom. The monoisotopic (exact) mass is 132 g/mol. The van der Waals surface area contributed by atoms with Gasteiger partial charge in [0, 0.05) is 0 Å². The molecule has 0 fully saturated rings. The van der Waals surface area contributed by atoms with Gasteiger partial charge in [-0.3, -0.25) is 0 Å². The van der Waals surface area contributed by atoms with E-state index in [-0.39, 0.29) is 0 Å². The molecular formula is C10H12. The van der Waals surface area contributed by atoms with Crippen LogP contribution in [0.25, 0.3) is 0 Å². The van der Waals surface area contributed by atoms with Gasteiger partial charge in [0.25, 0.3) is 0 Å². The van der Waals surface area contributed by atoms with Gasteiger partial charge in [0.05, 0.1) is 0 Å². The van der Waals surface area contributed by atoms with Crippen LogP contribution in [0.5, 0.6) is 0 Å². The minimum atomic E-state index is 1.04. The average molecular weight is 132 g/mol. The number of allylic oxidation sites excluding steroid dienone is 5. The Morgan fingerprint density at radius 3 is 2.50 bits per heavy atom. The maximum Gasteiger partial charge on any atom is -0.0116 e. The second-order valence-electron chi connectivity index (χ2n) is 2.02. The van der Waals surface area contributed by atoms with E-state index in [0.717, 1.165) is 11.1 Å². The van der Waals surface area contributed by atoms with Gasteiger partial charge in [-0.2, -0.15) is 0 Å². The Kier molecular flexibility index (Phi) is 4.07. The Balaban J connectivity index is 4.30. The summed E-state index contributed by atoms with van der Waals surface area (Å²) in [5, 5.41) is 0. The molecule has 0 unspecified atom stereocenters. The molecule has 0 spiro atoms. The molecule has 10 heavy (non-hydrogen) atoms. The van der Waals surface area contributed by atoms with E-state index in [1.165, 1.54) is 0 Å². The van der Waals surface area contributed by atoms with Crippen molar-refractivity contribution in [2.75, 3.05) is 0 Å². The van der Waals surface area contributed by atoms with E-state index in [9.17, 15) is 0 Å². The van der Waals surface area contributed by atoms with Gasteiger partial charge in [-0.05, 0) is 31.6 Å². The molecular weight excluding hydrogens is 120 g/mol. The van der Waals surface area contributed by atoms with Crippen LogP contribution in [0.15, 0.2) is 36.0 Å². The number of hydrogen-bond donors (Lipinski definition) is 0. The number of rotatable bonds is 2. The smallest absolute Gasteiger partial charge is 0.0116 e. The lowest BCUT2D eigenvalue weighted by Gasteiger charge is -1.95. The highest BCUT2D eigenvalue weighted by Gasteiger charge is 1.87. The molecule has 0 saturated carbocycles. The summed E-state index contributed by atoms with van der Waals surface area (Å²) in [7, 11) is 0. The highest BCUT2D eigenvalue weighted by molar-refractivity contribution is 5.38. The third kappa shape index (κ3) is 2.94. The lowest BCUT2D eigenvalue weighted by molar-refractivity contribution is 1.43. The van der Waals surface area contributed by atoms with Crippen LogP contribution < -0.4 is 0 Å². The fourth-order valence-electron chi connectivity index (χ4n) is 0.623. The van der Waals surface area contributed by atoms with Crippen LogP contribution in [-0.4, -0.2) is 0 Å². The van der Waals surface area contributed by atoms with Crippen LogP contribution in [0.3, 0.4) is 0 Å². The summed E-state index contributed by atoms with van der Waals surface area (Å²) in [5.74, 6) is 2.42. The van der Waals surface area contributed by atoms with Gasteiger partial charge in [-0.1, -0.05) is 24.1 Å². The Labute approximate surface area is 63.0 Å². The van der Waals surface area contributed by atoms with E-state index in [0.29, 0.717) is 0 Å². The van der Waals surface area contributed by atoms with Crippen molar-refractivity contribution < 1.29 is 0 Å². The van der Waals surface area contributed by atoms with Crippen molar-refractivity contribution in [3.63, 3.8) is 0 Å². The summed E-state index contributed by atoms with van der Waals surface area (Å²) in [6, 6.07) is 0. The zero-order valence-electron chi connectivity index (χ0n) is 6.52. The lowest BCUT2D eigenvalue weighted by Crippen LogP contribution is -1.75. The Hall–Kier alpha value is -1.22. The van der Waals surface area contributed by atoms with E-state index in [1.807, 2.05) is 26.0 Å². The first-order valence-electron chi connectivity index (χ1n) is 3.17. The van der Waals surface area contributed by atoms with Crippen LogP contribution in [-0.2, 0) is 0 Å². The summed E-state index contributed by atoms with van der Waals surface area (Å²) in [4.78, 5) is 0. The molecule has 0 aliphatic rings. The van der Waals surface area contributed by atoms with Crippen LogP contribution in [0.2, 0.25) is 0 Å². The zero-order chi connectivity index (χ0) is 7.98. The molecule has 0 bridgehead atoms. The van der Waals surface area contributed by atoms with Crippen molar-refractivity contribution >= 4 is 0 Å². The van der Waals surface area contributed by atoms with Gasteiger partial charge in [0.2, 0.25) is 0 Å². The third-order valence-electron chi connectivity index (χ3n) is 1.16. The molecule has 0 amide bonds. The molecule has 0 saturated heterocycles. The molecule has 0 nitrogen and oxygen atoms in total. The maximum absolute atomic E-state index is 5.04. The highest BCUT2D eigenvalue weighted by Crippen LogP contribution is 2.06. The molecule has 0 atom stereocenters. The van der Waals surface area contributed by atoms with Crippen molar-refractivity contribution in [1.82, 2.24) is 0 Å². The normalized spacial score (nSPS) is 11.5. The summed E-state index contributed by atoms with van der Waals surface area (Å²) in [6.45, 7) is 7.71. The number of terminal acetylenes is 1. The molecule has 0 aromatic heterocycles. The summed E-state index contributed by atoms with van der Waals surface area (Å²) in [6.07, 6.45) is 10.6. The van der Waals surface area contributed by atoms with Gasteiger partial charge >= 0.3 is 0 Å². The standard InChI is InChI=1S/C10H12/c1-5-7-8-10(6-2)9(3)4/h1,6-8H,3H2,2,4H3/b8-7-,10-6+. The molecule has 0 radical (unpaired) electrons. The number of hydrogen-bond acceptors (Lipinski definition) is 0. The molecule has 0 rings (SSSR count). The van der Waals surface area contributed by atoms with Gasteiger partial charge in [-0.25, -0.2) is 0 Å². The predicted octanol–water partition coefficient (Wildman–Crippen LogP) is 2.70. The first kappa shape index (κ1) is 8.78. The minimum absolute atomic E-state index is 1.04. The lowest BCUT2D eigenvalue weighted by atomic mass is 10.1. The molecule has 0 aromatic carbocycles. The summed E-state index contributed by atoms with van der Waals surface area (Å²) < 4.78 is 0. The van der Waals surface area contributed by atoms with E-state index >= 15 is 0 Å². The van der Waals surface area contributed by atoms with E-state index in [1.54, 1.807) is 6.08 Å². The van der Waals surface area contributed by atoms with Crippen molar-refractivity contribution in [2.45, 2.75) is 13.8 Å². The molecule has 0 heteroatoms. The van der Waals surface area contributed by atoms with Gasteiger partial charge in [0.15, 0.2) is 0 Å². The van der Waals surface area contributed by atoms with E-state index in [2.05, 4.69) is 12.5 Å². The van der Waals surface area contributed by atoms with Crippen molar-refractivity contribution in [1.29, 1.82) is 0 Å². The fourth-order valence-corrected chi connectivity index (χ4v) is 0.623. The Bertz CT molecular complexity index is 209. The van der Waals surface area contributed by atoms with E-state index in [4.69, 9.17) is 6.42 Å². The average Bonchev–Trinajstić information content (AvgIpc) is 1.89. The molecule has 0 aromatic rings. The van der Waals surface area contributed by atoms with Crippen LogP contribution >= 0.6 is 0 Å². The molecule has 0 N–H and O–H groups in total. The SMILES string of the molecule is C#C/C=C\C(=C/C)C(=C)C. The zero-order valence-corrected chi connectivity index (χ0v) is 6.52. The van der Waals surface area contributed by atoms with Crippen molar-refractivity contribution in [3.8, 4) is 12.3 Å². The highest BCUT2D eigenvalue weighted by atomic mass is 13.9. The molecule has 0 aliphatic heterocycles. The quantitative estimate of drug-likeness (QED) is 0.400. The van der Waals surface area contributed by atoms with Gasteiger partial charge in [-0.15, -0.1) is 6.42 Å². The van der Waals surface area contributed by atoms with Gasteiger partial charge < -0.3 is 0 Å².